The molecule has 122 valence electrons. The maximum absolute atomic E-state index is 13.4. The molecule has 0 saturated heterocycles. The van der Waals surface area contributed by atoms with Gasteiger partial charge in [0.05, 0.1) is 0 Å². The normalized spacial score (nSPS) is 16.7. The van der Waals surface area contributed by atoms with Crippen LogP contribution in [0.15, 0.2) is 60.1 Å². The molecule has 1 aliphatic heterocycles. The first-order valence-electron chi connectivity index (χ1n) is 7.74. The number of halogens is 1. The molecule has 3 aromatic rings. The molecular weight excluding hydrogens is 341 g/mol. The number of fused-ring (bicyclic) bond motifs is 1. The number of aromatic nitrogens is 1. The third-order valence-electron chi connectivity index (χ3n) is 4.19. The zero-order valence-electron chi connectivity index (χ0n) is 12.9. The van der Waals surface area contributed by atoms with Crippen LogP contribution in [-0.2, 0) is 6.54 Å². The summed E-state index contributed by atoms with van der Waals surface area (Å²) in [5, 5.41) is 5.88. The van der Waals surface area contributed by atoms with Crippen molar-refractivity contribution in [3.63, 3.8) is 0 Å². The highest BCUT2D eigenvalue weighted by atomic mass is 32.1. The highest BCUT2D eigenvalue weighted by molar-refractivity contribution is 7.80. The largest absolute Gasteiger partial charge is 0.347 e. The first kappa shape index (κ1) is 15.4. The lowest BCUT2D eigenvalue weighted by atomic mass is 10.1. The highest BCUT2D eigenvalue weighted by Gasteiger charge is 2.31. The van der Waals surface area contributed by atoms with Crippen molar-refractivity contribution in [3.8, 4) is 0 Å². The molecule has 0 fully saturated rings. The van der Waals surface area contributed by atoms with E-state index in [1.165, 1.54) is 22.7 Å². The molecule has 1 atom stereocenters. The molecule has 0 spiro atoms. The van der Waals surface area contributed by atoms with E-state index in [1.807, 2.05) is 6.07 Å². The zero-order valence-corrected chi connectivity index (χ0v) is 14.5. The number of anilines is 1. The van der Waals surface area contributed by atoms with E-state index in [1.54, 1.807) is 17.4 Å². The second-order valence-corrected chi connectivity index (χ2v) is 7.04. The smallest absolute Gasteiger partial charge is 0.174 e. The van der Waals surface area contributed by atoms with Gasteiger partial charge in [-0.1, -0.05) is 12.1 Å². The Balaban J connectivity index is 1.65. The van der Waals surface area contributed by atoms with Crippen molar-refractivity contribution >= 4 is 34.4 Å². The maximum atomic E-state index is 13.4. The molecule has 1 N–H and O–H groups in total. The second kappa shape index (κ2) is 6.37. The molecule has 24 heavy (non-hydrogen) atoms. The topological polar surface area (TPSA) is 20.2 Å². The molecule has 3 heterocycles. The number of thiophene rings is 1. The van der Waals surface area contributed by atoms with Gasteiger partial charge in [0.1, 0.15) is 11.9 Å². The average Bonchev–Trinajstić information content (AvgIpc) is 3.25. The number of benzene rings is 1. The van der Waals surface area contributed by atoms with E-state index in [0.29, 0.717) is 10.8 Å². The molecule has 0 aliphatic carbocycles. The Morgan fingerprint density at radius 2 is 2.08 bits per heavy atom. The summed E-state index contributed by atoms with van der Waals surface area (Å²) in [6.07, 6.45) is 2.11. The van der Waals surface area contributed by atoms with Crippen LogP contribution >= 0.6 is 23.6 Å². The minimum Gasteiger partial charge on any atom is -0.347 e. The molecule has 0 bridgehead atoms. The van der Waals surface area contributed by atoms with Crippen LogP contribution < -0.4 is 5.32 Å². The van der Waals surface area contributed by atoms with E-state index in [4.69, 9.17) is 12.2 Å². The number of hydrogen-bond acceptors (Lipinski definition) is 2. The molecule has 4 rings (SSSR count). The third-order valence-corrected chi connectivity index (χ3v) is 5.45. The standard InChI is InChI=1S/C18H16FN3S2/c19-13-4-1-5-14(12-13)20-18(23)22-10-9-21-8-2-6-15(21)17(22)16-7-3-11-24-16/h1-8,11-12,17H,9-10H2,(H,20,23)/t17-/m0/s1. The predicted octanol–water partition coefficient (Wildman–Crippen LogP) is 4.49. The summed E-state index contributed by atoms with van der Waals surface area (Å²) < 4.78 is 15.7. The molecule has 6 heteroatoms. The van der Waals surface area contributed by atoms with E-state index >= 15 is 0 Å². The van der Waals surface area contributed by atoms with Crippen molar-refractivity contribution in [2.75, 3.05) is 11.9 Å². The van der Waals surface area contributed by atoms with Gasteiger partial charge in [0.25, 0.3) is 0 Å². The summed E-state index contributed by atoms with van der Waals surface area (Å²) in [5.41, 5.74) is 1.90. The fourth-order valence-electron chi connectivity index (χ4n) is 3.11. The summed E-state index contributed by atoms with van der Waals surface area (Å²) in [5.74, 6) is -0.273. The van der Waals surface area contributed by atoms with Gasteiger partial charge in [0, 0.05) is 35.5 Å². The molecule has 1 aliphatic rings. The number of nitrogens with zero attached hydrogens (tertiary/aromatic N) is 2. The molecule has 0 saturated carbocycles. The first-order valence-corrected chi connectivity index (χ1v) is 9.03. The van der Waals surface area contributed by atoms with Crippen molar-refractivity contribution < 1.29 is 4.39 Å². The number of rotatable bonds is 2. The summed E-state index contributed by atoms with van der Waals surface area (Å²) in [7, 11) is 0. The van der Waals surface area contributed by atoms with E-state index < -0.39 is 0 Å². The number of hydrogen-bond donors (Lipinski definition) is 1. The molecular formula is C18H16FN3S2. The fourth-order valence-corrected chi connectivity index (χ4v) is 4.27. The van der Waals surface area contributed by atoms with Crippen molar-refractivity contribution in [2.45, 2.75) is 12.6 Å². The van der Waals surface area contributed by atoms with Gasteiger partial charge in [-0.3, -0.25) is 0 Å². The van der Waals surface area contributed by atoms with Gasteiger partial charge in [0.15, 0.2) is 5.11 Å². The van der Waals surface area contributed by atoms with Gasteiger partial charge in [-0.2, -0.15) is 0 Å². The molecule has 0 unspecified atom stereocenters. The van der Waals surface area contributed by atoms with Crippen LogP contribution in [0, 0.1) is 5.82 Å². The molecule has 0 amide bonds. The van der Waals surface area contributed by atoms with Gasteiger partial charge in [-0.05, 0) is 54.0 Å². The van der Waals surface area contributed by atoms with Crippen molar-refractivity contribution in [3.05, 3.63) is 76.5 Å². The fraction of sp³-hybridized carbons (Fsp3) is 0.167. The second-order valence-electron chi connectivity index (χ2n) is 5.68. The van der Waals surface area contributed by atoms with Crippen molar-refractivity contribution in [1.29, 1.82) is 0 Å². The number of thiocarbonyl (C=S) groups is 1. The van der Waals surface area contributed by atoms with Crippen LogP contribution in [0.3, 0.4) is 0 Å². The van der Waals surface area contributed by atoms with Gasteiger partial charge >= 0.3 is 0 Å². The summed E-state index contributed by atoms with van der Waals surface area (Å²) >= 11 is 7.36. The minimum atomic E-state index is -0.273. The molecule has 1 aromatic carbocycles. The van der Waals surface area contributed by atoms with Crippen molar-refractivity contribution in [1.82, 2.24) is 9.47 Å². The Bertz CT molecular complexity index is 857. The van der Waals surface area contributed by atoms with Gasteiger partial charge in [0.2, 0.25) is 0 Å². The van der Waals surface area contributed by atoms with E-state index in [-0.39, 0.29) is 11.9 Å². The average molecular weight is 357 g/mol. The van der Waals surface area contributed by atoms with Gasteiger partial charge in [-0.25, -0.2) is 4.39 Å². The summed E-state index contributed by atoms with van der Waals surface area (Å²) in [6.45, 7) is 1.70. The van der Waals surface area contributed by atoms with Crippen molar-refractivity contribution in [2.24, 2.45) is 0 Å². The van der Waals surface area contributed by atoms with Crippen LogP contribution in [0.25, 0.3) is 0 Å². The van der Waals surface area contributed by atoms with Gasteiger partial charge in [-0.15, -0.1) is 11.3 Å². The quantitative estimate of drug-likeness (QED) is 0.683. The van der Waals surface area contributed by atoms with E-state index in [9.17, 15) is 4.39 Å². The molecule has 3 nitrogen and oxygen atoms in total. The van der Waals surface area contributed by atoms with Crippen LogP contribution in [0.1, 0.15) is 16.6 Å². The minimum absolute atomic E-state index is 0.0855. The van der Waals surface area contributed by atoms with Crippen LogP contribution in [0.5, 0.6) is 0 Å². The number of nitrogens with one attached hydrogen (secondary N) is 1. The zero-order chi connectivity index (χ0) is 16.5. The monoisotopic (exact) mass is 357 g/mol. The Labute approximate surface area is 149 Å². The van der Waals surface area contributed by atoms with Crippen LogP contribution in [-0.4, -0.2) is 21.1 Å². The lowest BCUT2D eigenvalue weighted by molar-refractivity contribution is 0.297. The highest BCUT2D eigenvalue weighted by Crippen LogP contribution is 2.35. The summed E-state index contributed by atoms with van der Waals surface area (Å²) in [4.78, 5) is 3.43. The Morgan fingerprint density at radius 3 is 2.88 bits per heavy atom. The van der Waals surface area contributed by atoms with Crippen LogP contribution in [0.4, 0.5) is 10.1 Å². The molecule has 2 aromatic heterocycles. The van der Waals surface area contributed by atoms with E-state index in [0.717, 1.165) is 13.1 Å². The maximum Gasteiger partial charge on any atom is 0.174 e. The summed E-state index contributed by atoms with van der Waals surface area (Å²) in [6, 6.07) is 14.9. The Morgan fingerprint density at radius 1 is 1.17 bits per heavy atom. The first-order chi connectivity index (χ1) is 11.7. The predicted molar refractivity (Wildman–Crippen MR) is 99.9 cm³/mol. The Kier molecular flexibility index (Phi) is 4.08. The lowest BCUT2D eigenvalue weighted by Crippen LogP contribution is -2.44. The van der Waals surface area contributed by atoms with Gasteiger partial charge < -0.3 is 14.8 Å². The SMILES string of the molecule is Fc1cccc(NC(=S)N2CCn3cccc3[C@H]2c2cccs2)c1. The van der Waals surface area contributed by atoms with E-state index in [2.05, 4.69) is 50.6 Å². The van der Waals surface area contributed by atoms with Crippen LogP contribution in [0.2, 0.25) is 0 Å². The third kappa shape index (κ3) is 2.83. The lowest BCUT2D eigenvalue weighted by Gasteiger charge is -2.38. The molecule has 0 radical (unpaired) electrons. The Hall–Kier alpha value is -2.18.